The summed E-state index contributed by atoms with van der Waals surface area (Å²) in [6, 6.07) is 9.96. The molecular weight excluding hydrogens is 364 g/mol. The lowest BCUT2D eigenvalue weighted by atomic mass is 9.98. The fourth-order valence-electron chi connectivity index (χ4n) is 3.73. The van der Waals surface area contributed by atoms with Crippen molar-refractivity contribution in [3.63, 3.8) is 0 Å². The summed E-state index contributed by atoms with van der Waals surface area (Å²) < 4.78 is 1.98. The minimum absolute atomic E-state index is 0.159. The molecule has 0 bridgehead atoms. The van der Waals surface area contributed by atoms with Gasteiger partial charge in [0.2, 0.25) is 5.91 Å². The van der Waals surface area contributed by atoms with Gasteiger partial charge in [-0.3, -0.25) is 4.79 Å². The van der Waals surface area contributed by atoms with Gasteiger partial charge in [-0.25, -0.2) is 9.97 Å². The van der Waals surface area contributed by atoms with Crippen LogP contribution in [0.2, 0.25) is 0 Å². The fraction of sp³-hybridized carbons (Fsp3) is 0.182. The van der Waals surface area contributed by atoms with E-state index in [9.17, 15) is 4.79 Å². The predicted octanol–water partition coefficient (Wildman–Crippen LogP) is 3.54. The number of hydrogen-bond acceptors (Lipinski definition) is 5. The topological polar surface area (TPSA) is 109 Å². The van der Waals surface area contributed by atoms with E-state index in [-0.39, 0.29) is 17.7 Å². The van der Waals surface area contributed by atoms with Gasteiger partial charge in [-0.2, -0.15) is 5.26 Å². The van der Waals surface area contributed by atoms with Crippen LogP contribution in [0.5, 0.6) is 0 Å². The van der Waals surface area contributed by atoms with Crippen LogP contribution in [0, 0.1) is 30.1 Å². The lowest BCUT2D eigenvalue weighted by molar-refractivity contribution is -0.117. The predicted molar refractivity (Wildman–Crippen MR) is 111 cm³/mol. The van der Waals surface area contributed by atoms with Crippen LogP contribution >= 0.6 is 0 Å². The third-order valence-electron chi connectivity index (χ3n) is 5.45. The number of aromatic nitrogens is 3. The maximum Gasteiger partial charge on any atom is 0.230 e. The second kappa shape index (κ2) is 6.31. The van der Waals surface area contributed by atoms with Crippen molar-refractivity contribution >= 4 is 33.8 Å². The third kappa shape index (κ3) is 2.95. The van der Waals surface area contributed by atoms with Gasteiger partial charge in [0.1, 0.15) is 11.5 Å². The van der Waals surface area contributed by atoms with E-state index in [1.165, 1.54) is 0 Å². The molecule has 29 heavy (non-hydrogen) atoms. The van der Waals surface area contributed by atoms with Gasteiger partial charge in [-0.05, 0) is 59.7 Å². The summed E-state index contributed by atoms with van der Waals surface area (Å²) in [6.45, 7) is 2.05. The van der Waals surface area contributed by atoms with E-state index in [0.29, 0.717) is 17.9 Å². The van der Waals surface area contributed by atoms with Gasteiger partial charge in [0.05, 0.1) is 17.9 Å². The van der Waals surface area contributed by atoms with Gasteiger partial charge in [-0.1, -0.05) is 0 Å². The van der Waals surface area contributed by atoms with Crippen molar-refractivity contribution in [1.29, 1.82) is 5.26 Å². The number of carbonyl (C=O) groups excluding carboxylic acids is 1. The Morgan fingerprint density at radius 1 is 1.31 bits per heavy atom. The molecule has 0 spiro atoms. The van der Waals surface area contributed by atoms with Crippen molar-refractivity contribution in [3.8, 4) is 17.2 Å². The minimum atomic E-state index is -0.238. The van der Waals surface area contributed by atoms with Crippen LogP contribution in [-0.4, -0.2) is 20.3 Å². The van der Waals surface area contributed by atoms with Crippen molar-refractivity contribution in [1.82, 2.24) is 14.4 Å². The summed E-state index contributed by atoms with van der Waals surface area (Å²) in [6.07, 6.45) is 8.01. The zero-order valence-electron chi connectivity index (χ0n) is 15.8. The highest BCUT2D eigenvalue weighted by atomic mass is 16.2. The van der Waals surface area contributed by atoms with Crippen molar-refractivity contribution in [2.75, 3.05) is 11.1 Å². The number of nitrogens with two attached hydrogens (primary N) is 1. The Kier molecular flexibility index (Phi) is 3.74. The monoisotopic (exact) mass is 382 g/mol. The summed E-state index contributed by atoms with van der Waals surface area (Å²) in [7, 11) is 0. The highest BCUT2D eigenvalue weighted by molar-refractivity contribution is 6.00. The highest BCUT2D eigenvalue weighted by Gasteiger charge is 2.43. The Balaban J connectivity index is 1.54. The van der Waals surface area contributed by atoms with Crippen LogP contribution in [0.1, 0.15) is 12.0 Å². The largest absolute Gasteiger partial charge is 0.398 e. The second-order valence-electron chi connectivity index (χ2n) is 7.49. The van der Waals surface area contributed by atoms with Gasteiger partial charge in [0, 0.05) is 35.9 Å². The lowest BCUT2D eigenvalue weighted by Crippen LogP contribution is -2.15. The molecule has 0 aliphatic heterocycles. The molecule has 142 valence electrons. The second-order valence-corrected chi connectivity index (χ2v) is 7.49. The number of benzene rings is 1. The standard InChI is InChI=1S/C22H18N6O/c1-12-11-28-3-2-25-21(28)8-16(12)13-4-14-7-20(26-10-18(14)19(24)6-13)27-22(29)17-5-15(17)9-23/h2-4,6-8,10-11,15,17H,5,24H2,1H3,(H,26,27,29)/t15-,17+/m1/s1. The molecule has 0 unspecified atom stereocenters. The first kappa shape index (κ1) is 17.2. The molecule has 1 aliphatic rings. The summed E-state index contributed by atoms with van der Waals surface area (Å²) in [5, 5.41) is 13.4. The molecule has 1 aromatic carbocycles. The summed E-state index contributed by atoms with van der Waals surface area (Å²) in [5.41, 5.74) is 10.9. The number of anilines is 2. The average Bonchev–Trinajstić information content (AvgIpc) is 3.37. The molecular formula is C22H18N6O. The highest BCUT2D eigenvalue weighted by Crippen LogP contribution is 2.38. The number of nitriles is 1. The van der Waals surface area contributed by atoms with Gasteiger partial charge in [0.25, 0.3) is 0 Å². The molecule has 1 fully saturated rings. The Morgan fingerprint density at radius 2 is 2.17 bits per heavy atom. The zero-order chi connectivity index (χ0) is 20.1. The number of nitrogens with zero attached hydrogens (tertiary/aromatic N) is 4. The molecule has 1 amide bonds. The average molecular weight is 382 g/mol. The first-order chi connectivity index (χ1) is 14.0. The number of hydrogen-bond donors (Lipinski definition) is 2. The number of fused-ring (bicyclic) bond motifs is 2. The van der Waals surface area contributed by atoms with E-state index in [1.807, 2.05) is 41.1 Å². The quantitative estimate of drug-likeness (QED) is 0.527. The van der Waals surface area contributed by atoms with Crippen LogP contribution < -0.4 is 11.1 Å². The van der Waals surface area contributed by atoms with Crippen molar-refractivity contribution in [3.05, 3.63) is 54.6 Å². The van der Waals surface area contributed by atoms with E-state index in [4.69, 9.17) is 11.0 Å². The molecule has 3 heterocycles. The summed E-state index contributed by atoms with van der Waals surface area (Å²) in [4.78, 5) is 20.9. The number of nitrogen functional groups attached to an aromatic ring is 1. The van der Waals surface area contributed by atoms with E-state index in [0.717, 1.165) is 33.1 Å². The molecule has 7 heteroatoms. The van der Waals surface area contributed by atoms with Crippen molar-refractivity contribution in [2.45, 2.75) is 13.3 Å². The number of rotatable bonds is 3. The van der Waals surface area contributed by atoms with E-state index < -0.39 is 0 Å². The third-order valence-corrected chi connectivity index (χ3v) is 5.45. The molecule has 3 aromatic heterocycles. The molecule has 1 aliphatic carbocycles. The molecule has 1 saturated carbocycles. The van der Waals surface area contributed by atoms with Crippen LogP contribution in [0.3, 0.4) is 0 Å². The number of pyridine rings is 2. The Morgan fingerprint density at radius 3 is 2.97 bits per heavy atom. The molecule has 0 saturated heterocycles. The van der Waals surface area contributed by atoms with Gasteiger partial charge in [-0.15, -0.1) is 0 Å². The van der Waals surface area contributed by atoms with E-state index >= 15 is 0 Å². The summed E-state index contributed by atoms with van der Waals surface area (Å²) in [5.74, 6) is -0.118. The normalized spacial score (nSPS) is 17.9. The smallest absolute Gasteiger partial charge is 0.230 e. The SMILES string of the molecule is Cc1cn2ccnc2cc1-c1cc(N)c2cnc(NC(=O)[C@H]3C[C@@H]3C#N)cc2c1. The van der Waals surface area contributed by atoms with Crippen LogP contribution in [0.15, 0.2) is 49.1 Å². The van der Waals surface area contributed by atoms with Crippen LogP contribution in [0.25, 0.3) is 27.5 Å². The number of imidazole rings is 1. The van der Waals surface area contributed by atoms with Gasteiger partial charge < -0.3 is 15.5 Å². The zero-order valence-corrected chi connectivity index (χ0v) is 15.8. The maximum absolute atomic E-state index is 12.2. The van der Waals surface area contributed by atoms with Crippen LogP contribution in [0.4, 0.5) is 11.5 Å². The Bertz CT molecular complexity index is 1330. The van der Waals surface area contributed by atoms with E-state index in [2.05, 4.69) is 28.3 Å². The van der Waals surface area contributed by atoms with Gasteiger partial charge >= 0.3 is 0 Å². The Hall–Kier alpha value is -3.92. The molecule has 2 atom stereocenters. The number of carbonyl (C=O) groups is 1. The summed E-state index contributed by atoms with van der Waals surface area (Å²) >= 11 is 0. The Labute approximate surface area is 166 Å². The molecule has 7 nitrogen and oxygen atoms in total. The fourth-order valence-corrected chi connectivity index (χ4v) is 3.73. The molecule has 3 N–H and O–H groups in total. The number of aryl methyl sites for hydroxylation is 1. The van der Waals surface area contributed by atoms with E-state index in [1.54, 1.807) is 12.4 Å². The molecule has 5 rings (SSSR count). The van der Waals surface area contributed by atoms with Crippen LogP contribution in [-0.2, 0) is 4.79 Å². The molecule has 0 radical (unpaired) electrons. The van der Waals surface area contributed by atoms with Crippen molar-refractivity contribution in [2.24, 2.45) is 11.8 Å². The lowest BCUT2D eigenvalue weighted by Gasteiger charge is -2.12. The van der Waals surface area contributed by atoms with Crippen molar-refractivity contribution < 1.29 is 4.79 Å². The molecule has 4 aromatic rings. The maximum atomic E-state index is 12.2. The minimum Gasteiger partial charge on any atom is -0.398 e. The number of nitrogens with one attached hydrogen (secondary N) is 1. The number of amides is 1. The first-order valence-electron chi connectivity index (χ1n) is 9.37. The van der Waals surface area contributed by atoms with Gasteiger partial charge in [0.15, 0.2) is 0 Å². The first-order valence-corrected chi connectivity index (χ1v) is 9.37.